The maximum atomic E-state index is 5.78. The molecule has 0 amide bonds. The Hall–Kier alpha value is -1.26. The first kappa shape index (κ1) is 12.8. The molecule has 1 aliphatic heterocycles. The molecule has 0 bridgehead atoms. The minimum absolute atomic E-state index is 0.361. The molecule has 0 spiro atoms. The first-order valence-electron chi connectivity index (χ1n) is 7.19. The zero-order chi connectivity index (χ0) is 12.9. The lowest BCUT2D eigenvalue weighted by molar-refractivity contribution is 0.0102. The van der Waals surface area contributed by atoms with Gasteiger partial charge in [0.05, 0.1) is 12.3 Å². The molecule has 1 aliphatic carbocycles. The summed E-state index contributed by atoms with van der Waals surface area (Å²) >= 11 is 0. The minimum Gasteiger partial charge on any atom is -0.465 e. The average Bonchev–Trinajstić information content (AvgIpc) is 3.29. The van der Waals surface area contributed by atoms with Crippen molar-refractivity contribution in [3.8, 4) is 5.75 Å². The Morgan fingerprint density at radius 2 is 1.95 bits per heavy atom. The molecular weight excluding hydrogens is 240 g/mol. The fourth-order valence-electron chi connectivity index (χ4n) is 2.35. The van der Waals surface area contributed by atoms with Crippen LogP contribution in [0.1, 0.15) is 12.8 Å². The highest BCUT2D eigenvalue weighted by Gasteiger charge is 2.21. The van der Waals surface area contributed by atoms with E-state index in [1.54, 1.807) is 0 Å². The SMILES string of the molecule is c1ccc(N2CCNCC2)c(OCOCC2CC2)c1. The van der Waals surface area contributed by atoms with Crippen molar-refractivity contribution >= 4 is 5.69 Å². The summed E-state index contributed by atoms with van der Waals surface area (Å²) < 4.78 is 11.3. The molecule has 4 nitrogen and oxygen atoms in total. The summed E-state index contributed by atoms with van der Waals surface area (Å²) in [7, 11) is 0. The molecule has 104 valence electrons. The van der Waals surface area contributed by atoms with Crippen molar-refractivity contribution in [1.82, 2.24) is 5.32 Å². The van der Waals surface area contributed by atoms with Gasteiger partial charge in [0.15, 0.2) is 6.79 Å². The maximum absolute atomic E-state index is 5.78. The van der Waals surface area contributed by atoms with Gasteiger partial charge in [0.2, 0.25) is 0 Å². The van der Waals surface area contributed by atoms with Gasteiger partial charge in [0, 0.05) is 26.2 Å². The van der Waals surface area contributed by atoms with E-state index >= 15 is 0 Å². The second-order valence-corrected chi connectivity index (χ2v) is 5.28. The number of benzene rings is 1. The van der Waals surface area contributed by atoms with Crippen LogP contribution >= 0.6 is 0 Å². The van der Waals surface area contributed by atoms with Gasteiger partial charge in [-0.25, -0.2) is 0 Å². The summed E-state index contributed by atoms with van der Waals surface area (Å²) in [6.45, 7) is 5.33. The molecule has 4 heteroatoms. The molecule has 1 N–H and O–H groups in total. The molecule has 1 saturated carbocycles. The van der Waals surface area contributed by atoms with Crippen molar-refractivity contribution in [2.45, 2.75) is 12.8 Å². The normalized spacial score (nSPS) is 19.5. The molecule has 1 aromatic rings. The van der Waals surface area contributed by atoms with Gasteiger partial charge in [-0.15, -0.1) is 0 Å². The van der Waals surface area contributed by atoms with E-state index in [9.17, 15) is 0 Å². The molecule has 1 saturated heterocycles. The molecule has 2 aliphatic rings. The van der Waals surface area contributed by atoms with Crippen LogP contribution in [0.15, 0.2) is 24.3 Å². The van der Waals surface area contributed by atoms with Crippen LogP contribution in [0.2, 0.25) is 0 Å². The minimum atomic E-state index is 0.361. The second kappa shape index (κ2) is 6.26. The summed E-state index contributed by atoms with van der Waals surface area (Å²) in [4.78, 5) is 2.37. The number of ether oxygens (including phenoxy) is 2. The molecule has 0 atom stereocenters. The van der Waals surface area contributed by atoms with Gasteiger partial charge in [-0.3, -0.25) is 0 Å². The average molecular weight is 262 g/mol. The van der Waals surface area contributed by atoms with Gasteiger partial charge in [-0.2, -0.15) is 0 Å². The van der Waals surface area contributed by atoms with Crippen molar-refractivity contribution in [1.29, 1.82) is 0 Å². The third-order valence-electron chi connectivity index (χ3n) is 3.67. The number of rotatable bonds is 6. The van der Waals surface area contributed by atoms with Gasteiger partial charge < -0.3 is 19.7 Å². The van der Waals surface area contributed by atoms with Crippen LogP contribution in [0.5, 0.6) is 5.75 Å². The Kier molecular flexibility index (Phi) is 4.20. The lowest BCUT2D eigenvalue weighted by atomic mass is 10.2. The van der Waals surface area contributed by atoms with E-state index in [4.69, 9.17) is 9.47 Å². The fraction of sp³-hybridized carbons (Fsp3) is 0.600. The van der Waals surface area contributed by atoms with Crippen molar-refractivity contribution < 1.29 is 9.47 Å². The van der Waals surface area contributed by atoms with Gasteiger partial charge in [-0.05, 0) is 30.9 Å². The predicted molar refractivity (Wildman–Crippen MR) is 75.7 cm³/mol. The quantitative estimate of drug-likeness (QED) is 0.627. The van der Waals surface area contributed by atoms with Gasteiger partial charge >= 0.3 is 0 Å². The Balaban J connectivity index is 1.56. The van der Waals surface area contributed by atoms with Crippen LogP contribution in [-0.4, -0.2) is 39.6 Å². The van der Waals surface area contributed by atoms with E-state index < -0.39 is 0 Å². The van der Waals surface area contributed by atoms with E-state index in [1.165, 1.54) is 18.5 Å². The number of nitrogens with one attached hydrogen (secondary N) is 1. The molecule has 1 aromatic carbocycles. The molecule has 0 radical (unpaired) electrons. The van der Waals surface area contributed by atoms with E-state index in [2.05, 4.69) is 22.3 Å². The predicted octanol–water partition coefficient (Wildman–Crippen LogP) is 1.86. The van der Waals surface area contributed by atoms with Crippen molar-refractivity contribution in [3.05, 3.63) is 24.3 Å². The van der Waals surface area contributed by atoms with E-state index in [0.29, 0.717) is 6.79 Å². The number of hydrogen-bond acceptors (Lipinski definition) is 4. The standard InChI is InChI=1S/C15H22N2O2/c1-2-4-15(19-12-18-11-13-5-6-13)14(3-1)17-9-7-16-8-10-17/h1-4,13,16H,5-12H2. The van der Waals surface area contributed by atoms with Crippen LogP contribution < -0.4 is 15.0 Å². The van der Waals surface area contributed by atoms with E-state index in [-0.39, 0.29) is 0 Å². The number of piperazine rings is 1. The van der Waals surface area contributed by atoms with Crippen molar-refractivity contribution in [2.75, 3.05) is 44.5 Å². The molecule has 0 aromatic heterocycles. The Morgan fingerprint density at radius 3 is 2.74 bits per heavy atom. The molecule has 2 fully saturated rings. The summed E-state index contributed by atoms with van der Waals surface area (Å²) in [5.74, 6) is 1.72. The third-order valence-corrected chi connectivity index (χ3v) is 3.67. The van der Waals surface area contributed by atoms with Crippen LogP contribution in [-0.2, 0) is 4.74 Å². The summed E-state index contributed by atoms with van der Waals surface area (Å²) in [6, 6.07) is 8.23. The van der Waals surface area contributed by atoms with Crippen LogP contribution in [0, 0.1) is 5.92 Å². The summed E-state index contributed by atoms with van der Waals surface area (Å²) in [6.07, 6.45) is 2.63. The van der Waals surface area contributed by atoms with Crippen LogP contribution in [0.3, 0.4) is 0 Å². The lowest BCUT2D eigenvalue weighted by Crippen LogP contribution is -2.43. The largest absolute Gasteiger partial charge is 0.465 e. The zero-order valence-electron chi connectivity index (χ0n) is 11.3. The maximum Gasteiger partial charge on any atom is 0.189 e. The number of hydrogen-bond donors (Lipinski definition) is 1. The van der Waals surface area contributed by atoms with E-state index in [0.717, 1.165) is 44.5 Å². The summed E-state index contributed by atoms with van der Waals surface area (Å²) in [5.41, 5.74) is 1.18. The highest BCUT2D eigenvalue weighted by Crippen LogP contribution is 2.30. The highest BCUT2D eigenvalue weighted by atomic mass is 16.7. The van der Waals surface area contributed by atoms with Gasteiger partial charge in [0.1, 0.15) is 5.75 Å². The van der Waals surface area contributed by atoms with Crippen LogP contribution in [0.25, 0.3) is 0 Å². The summed E-state index contributed by atoms with van der Waals surface area (Å²) in [5, 5.41) is 3.37. The number of nitrogens with zero attached hydrogens (tertiary/aromatic N) is 1. The van der Waals surface area contributed by atoms with Crippen molar-refractivity contribution in [3.63, 3.8) is 0 Å². The highest BCUT2D eigenvalue weighted by molar-refractivity contribution is 5.58. The van der Waals surface area contributed by atoms with Crippen LogP contribution in [0.4, 0.5) is 5.69 Å². The lowest BCUT2D eigenvalue weighted by Gasteiger charge is -2.30. The topological polar surface area (TPSA) is 33.7 Å². The Labute approximate surface area is 114 Å². The zero-order valence-corrected chi connectivity index (χ0v) is 11.3. The number of anilines is 1. The van der Waals surface area contributed by atoms with Gasteiger partial charge in [0.25, 0.3) is 0 Å². The number of para-hydroxylation sites is 2. The third kappa shape index (κ3) is 3.61. The molecule has 0 unspecified atom stereocenters. The molecule has 1 heterocycles. The molecule has 19 heavy (non-hydrogen) atoms. The molecular formula is C15H22N2O2. The van der Waals surface area contributed by atoms with Crippen molar-refractivity contribution in [2.24, 2.45) is 5.92 Å². The fourth-order valence-corrected chi connectivity index (χ4v) is 2.35. The van der Waals surface area contributed by atoms with E-state index in [1.807, 2.05) is 12.1 Å². The first-order chi connectivity index (χ1) is 9.43. The van der Waals surface area contributed by atoms with Gasteiger partial charge in [-0.1, -0.05) is 12.1 Å². The molecule has 3 rings (SSSR count). The Morgan fingerprint density at radius 1 is 1.16 bits per heavy atom. The monoisotopic (exact) mass is 262 g/mol. The second-order valence-electron chi connectivity index (χ2n) is 5.28. The smallest absolute Gasteiger partial charge is 0.189 e. The Bertz CT molecular complexity index is 401. The first-order valence-corrected chi connectivity index (χ1v) is 7.19.